The zero-order chi connectivity index (χ0) is 7.94. The standard InChI is InChI=1S/C8H14OS2/c1-2-9-5-4-8-10-6-3-7-11-8/h2,8H,1,3-7H2. The normalized spacial score (nSPS) is 19.6. The smallest absolute Gasteiger partial charge is 0.0891 e. The van der Waals surface area contributed by atoms with E-state index in [1.807, 2.05) is 0 Å². The van der Waals surface area contributed by atoms with Gasteiger partial charge in [-0.2, -0.15) is 0 Å². The summed E-state index contributed by atoms with van der Waals surface area (Å²) >= 11 is 4.12. The molecule has 0 N–H and O–H groups in total. The fourth-order valence-corrected chi connectivity index (χ4v) is 3.77. The molecule has 0 aliphatic carbocycles. The lowest BCUT2D eigenvalue weighted by atomic mass is 10.5. The zero-order valence-corrected chi connectivity index (χ0v) is 8.26. The Morgan fingerprint density at radius 1 is 1.45 bits per heavy atom. The summed E-state index contributed by atoms with van der Waals surface area (Å²) < 4.78 is 5.84. The molecule has 0 unspecified atom stereocenters. The molecule has 1 heterocycles. The van der Waals surface area contributed by atoms with Crippen molar-refractivity contribution in [2.45, 2.75) is 17.4 Å². The van der Waals surface area contributed by atoms with Crippen LogP contribution in [0.15, 0.2) is 12.8 Å². The van der Waals surface area contributed by atoms with Gasteiger partial charge in [-0.25, -0.2) is 0 Å². The summed E-state index contributed by atoms with van der Waals surface area (Å²) in [5.74, 6) is 2.65. The Hall–Kier alpha value is 0.240. The Kier molecular flexibility index (Phi) is 4.95. The van der Waals surface area contributed by atoms with Crippen molar-refractivity contribution >= 4 is 23.5 Å². The Morgan fingerprint density at radius 2 is 2.18 bits per heavy atom. The van der Waals surface area contributed by atoms with Crippen molar-refractivity contribution in [3.8, 4) is 0 Å². The van der Waals surface area contributed by atoms with Crippen LogP contribution in [-0.4, -0.2) is 22.7 Å². The third-order valence-corrected chi connectivity index (χ3v) is 4.57. The molecule has 0 bridgehead atoms. The quantitative estimate of drug-likeness (QED) is 0.498. The van der Waals surface area contributed by atoms with Crippen LogP contribution < -0.4 is 0 Å². The lowest BCUT2D eigenvalue weighted by Crippen LogP contribution is -2.08. The number of hydrogen-bond donors (Lipinski definition) is 0. The van der Waals surface area contributed by atoms with Crippen LogP contribution in [0.5, 0.6) is 0 Å². The third kappa shape index (κ3) is 3.97. The monoisotopic (exact) mass is 190 g/mol. The first kappa shape index (κ1) is 9.33. The highest BCUT2D eigenvalue weighted by Gasteiger charge is 2.13. The van der Waals surface area contributed by atoms with Crippen molar-refractivity contribution in [2.24, 2.45) is 0 Å². The molecule has 1 aliphatic heterocycles. The molecule has 0 amide bonds. The summed E-state index contributed by atoms with van der Waals surface area (Å²) in [4.78, 5) is 0. The van der Waals surface area contributed by atoms with Crippen LogP contribution in [0.4, 0.5) is 0 Å². The van der Waals surface area contributed by atoms with Gasteiger partial charge in [0.15, 0.2) is 0 Å². The molecule has 0 aromatic rings. The summed E-state index contributed by atoms with van der Waals surface area (Å²) in [6.45, 7) is 4.34. The van der Waals surface area contributed by atoms with Crippen LogP contribution in [0.1, 0.15) is 12.8 Å². The second-order valence-corrected chi connectivity index (χ2v) is 5.27. The largest absolute Gasteiger partial charge is 0.502 e. The van der Waals surface area contributed by atoms with Crippen LogP contribution in [0.2, 0.25) is 0 Å². The average molecular weight is 190 g/mol. The van der Waals surface area contributed by atoms with Crippen LogP contribution in [0.25, 0.3) is 0 Å². The highest BCUT2D eigenvalue weighted by molar-refractivity contribution is 8.17. The van der Waals surface area contributed by atoms with E-state index in [-0.39, 0.29) is 0 Å². The fourth-order valence-electron chi connectivity index (χ4n) is 0.951. The molecule has 0 saturated carbocycles. The Bertz CT molecular complexity index is 111. The van der Waals surface area contributed by atoms with Crippen molar-refractivity contribution in [3.05, 3.63) is 12.8 Å². The third-order valence-electron chi connectivity index (χ3n) is 1.49. The van der Waals surface area contributed by atoms with Gasteiger partial charge >= 0.3 is 0 Å². The molecule has 1 rings (SSSR count). The minimum atomic E-state index is 0.767. The highest BCUT2D eigenvalue weighted by Crippen LogP contribution is 2.32. The Morgan fingerprint density at radius 3 is 2.82 bits per heavy atom. The van der Waals surface area contributed by atoms with E-state index in [0.717, 1.165) is 17.6 Å². The summed E-state index contributed by atoms with van der Waals surface area (Å²) in [7, 11) is 0. The van der Waals surface area contributed by atoms with Crippen molar-refractivity contribution < 1.29 is 4.74 Å². The van der Waals surface area contributed by atoms with Crippen molar-refractivity contribution in [2.75, 3.05) is 18.1 Å². The van der Waals surface area contributed by atoms with E-state index >= 15 is 0 Å². The van der Waals surface area contributed by atoms with E-state index < -0.39 is 0 Å². The molecule has 1 nitrogen and oxygen atoms in total. The molecule has 0 spiro atoms. The molecule has 0 radical (unpaired) electrons. The van der Waals surface area contributed by atoms with E-state index in [0.29, 0.717) is 0 Å². The Balaban J connectivity index is 2.00. The molecule has 0 atom stereocenters. The van der Waals surface area contributed by atoms with Crippen LogP contribution in [0, 0.1) is 0 Å². The van der Waals surface area contributed by atoms with Gasteiger partial charge in [0.05, 0.1) is 17.5 Å². The van der Waals surface area contributed by atoms with Crippen LogP contribution in [0.3, 0.4) is 0 Å². The topological polar surface area (TPSA) is 9.23 Å². The van der Waals surface area contributed by atoms with Gasteiger partial charge in [0, 0.05) is 6.42 Å². The fraction of sp³-hybridized carbons (Fsp3) is 0.750. The van der Waals surface area contributed by atoms with Gasteiger partial charge in [0.2, 0.25) is 0 Å². The lowest BCUT2D eigenvalue weighted by Gasteiger charge is -2.20. The van der Waals surface area contributed by atoms with Gasteiger partial charge in [-0.3, -0.25) is 0 Å². The predicted octanol–water partition coefficient (Wildman–Crippen LogP) is 2.73. The molecular formula is C8H14OS2. The number of hydrogen-bond acceptors (Lipinski definition) is 3. The predicted molar refractivity (Wildman–Crippen MR) is 54.1 cm³/mol. The molecule has 3 heteroatoms. The zero-order valence-electron chi connectivity index (χ0n) is 6.62. The van der Waals surface area contributed by atoms with Crippen molar-refractivity contribution in [3.63, 3.8) is 0 Å². The van der Waals surface area contributed by atoms with Crippen LogP contribution in [-0.2, 0) is 4.74 Å². The SMILES string of the molecule is C=COCCC1SCCCS1. The molecule has 1 fully saturated rings. The molecule has 1 saturated heterocycles. The second kappa shape index (κ2) is 5.84. The minimum Gasteiger partial charge on any atom is -0.502 e. The van der Waals surface area contributed by atoms with E-state index in [4.69, 9.17) is 4.74 Å². The maximum Gasteiger partial charge on any atom is 0.0891 e. The molecule has 0 aromatic carbocycles. The van der Waals surface area contributed by atoms with Gasteiger partial charge in [0.25, 0.3) is 0 Å². The van der Waals surface area contributed by atoms with E-state index in [1.165, 1.54) is 24.2 Å². The number of thioether (sulfide) groups is 2. The summed E-state index contributed by atoms with van der Waals surface area (Å²) in [6.07, 6.45) is 4.05. The molecule has 0 aromatic heterocycles. The van der Waals surface area contributed by atoms with Gasteiger partial charge in [-0.1, -0.05) is 6.58 Å². The van der Waals surface area contributed by atoms with Crippen molar-refractivity contribution in [1.82, 2.24) is 0 Å². The molecule has 64 valence electrons. The van der Waals surface area contributed by atoms with E-state index in [1.54, 1.807) is 0 Å². The number of rotatable bonds is 4. The lowest BCUT2D eigenvalue weighted by molar-refractivity contribution is 0.250. The summed E-state index contributed by atoms with van der Waals surface area (Å²) in [6, 6.07) is 0. The first-order chi connectivity index (χ1) is 5.43. The first-order valence-electron chi connectivity index (χ1n) is 3.89. The van der Waals surface area contributed by atoms with Crippen LogP contribution >= 0.6 is 23.5 Å². The number of ether oxygens (including phenoxy) is 1. The second-order valence-electron chi connectivity index (χ2n) is 2.35. The van der Waals surface area contributed by atoms with Gasteiger partial charge < -0.3 is 4.74 Å². The minimum absolute atomic E-state index is 0.767. The maximum atomic E-state index is 5.07. The first-order valence-corrected chi connectivity index (χ1v) is 5.99. The van der Waals surface area contributed by atoms with Gasteiger partial charge in [-0.15, -0.1) is 23.5 Å². The van der Waals surface area contributed by atoms with Crippen molar-refractivity contribution in [1.29, 1.82) is 0 Å². The van der Waals surface area contributed by atoms with Gasteiger partial charge in [-0.05, 0) is 17.9 Å². The maximum absolute atomic E-state index is 5.07. The Labute approximate surface area is 77.0 Å². The summed E-state index contributed by atoms with van der Waals surface area (Å²) in [5, 5.41) is 0. The molecule has 1 aliphatic rings. The molecule has 11 heavy (non-hydrogen) atoms. The molecular weight excluding hydrogens is 176 g/mol. The van der Waals surface area contributed by atoms with Gasteiger partial charge in [0.1, 0.15) is 0 Å². The van der Waals surface area contributed by atoms with E-state index in [2.05, 4.69) is 30.1 Å². The highest BCUT2D eigenvalue weighted by atomic mass is 32.2. The van der Waals surface area contributed by atoms with E-state index in [9.17, 15) is 0 Å². The summed E-state index contributed by atoms with van der Waals surface area (Å²) in [5.41, 5.74) is 0. The average Bonchev–Trinajstić information content (AvgIpc) is 2.07.